The van der Waals surface area contributed by atoms with E-state index in [1.165, 1.54) is 24.3 Å². The molecular weight excluding hydrogens is 362 g/mol. The Hall–Kier alpha value is -2.57. The maximum atomic E-state index is 12.1. The van der Waals surface area contributed by atoms with Crippen molar-refractivity contribution in [1.29, 1.82) is 0 Å². The van der Waals surface area contributed by atoms with Gasteiger partial charge in [-0.1, -0.05) is 48.0 Å². The monoisotopic (exact) mass is 375 g/mol. The van der Waals surface area contributed by atoms with E-state index in [2.05, 4.69) is 0 Å². The number of fused-ring (bicyclic) bond motifs is 1. The Morgan fingerprint density at radius 3 is 2.40 bits per heavy atom. The van der Waals surface area contributed by atoms with Crippen molar-refractivity contribution < 1.29 is 17.9 Å². The number of hydrogen-bond donors (Lipinski definition) is 1. The summed E-state index contributed by atoms with van der Waals surface area (Å²) < 4.78 is 31.8. The topological polar surface area (TPSA) is 72.5 Å². The molecule has 3 rings (SSSR count). The van der Waals surface area contributed by atoms with Crippen molar-refractivity contribution in [3.05, 3.63) is 71.8 Å². The highest BCUT2D eigenvalue weighted by Crippen LogP contribution is 2.25. The standard InChI is InChI=1S/C18H14ClNO4S/c19-14-8-10-15(11-9-14)25(22,23)20-18(21)12-24-17-7-3-5-13-4-1-2-6-16(13)17/h1-11H,12H2,(H,20,21). The lowest BCUT2D eigenvalue weighted by Crippen LogP contribution is -2.34. The number of carbonyl (C=O) groups is 1. The largest absolute Gasteiger partial charge is 0.483 e. The third-order valence-corrected chi connectivity index (χ3v) is 5.12. The maximum Gasteiger partial charge on any atom is 0.271 e. The van der Waals surface area contributed by atoms with Gasteiger partial charge >= 0.3 is 0 Å². The van der Waals surface area contributed by atoms with Gasteiger partial charge < -0.3 is 4.74 Å². The normalized spacial score (nSPS) is 11.2. The molecule has 0 fully saturated rings. The number of amides is 1. The van der Waals surface area contributed by atoms with Gasteiger partial charge in [-0.3, -0.25) is 4.79 Å². The van der Waals surface area contributed by atoms with Gasteiger partial charge in [-0.2, -0.15) is 0 Å². The number of hydrogen-bond acceptors (Lipinski definition) is 4. The summed E-state index contributed by atoms with van der Waals surface area (Å²) in [6.07, 6.45) is 0. The predicted molar refractivity (Wildman–Crippen MR) is 96.2 cm³/mol. The smallest absolute Gasteiger partial charge is 0.271 e. The summed E-state index contributed by atoms with van der Waals surface area (Å²) in [4.78, 5) is 11.9. The molecule has 7 heteroatoms. The minimum Gasteiger partial charge on any atom is -0.483 e. The van der Waals surface area contributed by atoms with Crippen molar-refractivity contribution in [2.24, 2.45) is 0 Å². The van der Waals surface area contributed by atoms with Gasteiger partial charge in [0.05, 0.1) is 4.90 Å². The number of ether oxygens (including phenoxy) is 1. The van der Waals surface area contributed by atoms with Crippen LogP contribution in [0.25, 0.3) is 10.8 Å². The minimum atomic E-state index is -3.96. The fourth-order valence-corrected chi connectivity index (χ4v) is 3.41. The highest BCUT2D eigenvalue weighted by molar-refractivity contribution is 7.90. The molecule has 0 atom stereocenters. The third-order valence-electron chi connectivity index (χ3n) is 3.48. The fourth-order valence-electron chi connectivity index (χ4n) is 2.32. The molecule has 5 nitrogen and oxygen atoms in total. The summed E-state index contributed by atoms with van der Waals surface area (Å²) in [5, 5.41) is 2.22. The molecule has 0 bridgehead atoms. The molecular formula is C18H14ClNO4S. The Morgan fingerprint density at radius 1 is 0.960 bits per heavy atom. The van der Waals surface area contributed by atoms with Crippen molar-refractivity contribution in [3.63, 3.8) is 0 Å². The fraction of sp³-hybridized carbons (Fsp3) is 0.0556. The van der Waals surface area contributed by atoms with Gasteiger partial charge in [0, 0.05) is 10.4 Å². The minimum absolute atomic E-state index is 0.0459. The van der Waals surface area contributed by atoms with E-state index in [9.17, 15) is 13.2 Å². The van der Waals surface area contributed by atoms with Crippen molar-refractivity contribution in [2.75, 3.05) is 6.61 Å². The van der Waals surface area contributed by atoms with E-state index in [0.717, 1.165) is 10.8 Å². The molecule has 0 spiro atoms. The molecule has 0 saturated carbocycles. The quantitative estimate of drug-likeness (QED) is 0.742. The Balaban J connectivity index is 1.69. The van der Waals surface area contributed by atoms with Crippen LogP contribution in [0.3, 0.4) is 0 Å². The van der Waals surface area contributed by atoms with Crippen LogP contribution in [0.1, 0.15) is 0 Å². The van der Waals surface area contributed by atoms with Crippen LogP contribution < -0.4 is 9.46 Å². The Kier molecular flexibility index (Phi) is 4.92. The lowest BCUT2D eigenvalue weighted by Gasteiger charge is -2.10. The van der Waals surface area contributed by atoms with E-state index in [1.54, 1.807) is 12.1 Å². The van der Waals surface area contributed by atoms with Crippen LogP contribution in [-0.4, -0.2) is 20.9 Å². The highest BCUT2D eigenvalue weighted by Gasteiger charge is 2.18. The van der Waals surface area contributed by atoms with Gasteiger partial charge in [0.1, 0.15) is 5.75 Å². The summed E-state index contributed by atoms with van der Waals surface area (Å²) in [5.74, 6) is -0.250. The van der Waals surface area contributed by atoms with E-state index < -0.39 is 22.5 Å². The second-order valence-corrected chi connectivity index (χ2v) is 7.37. The number of rotatable bonds is 5. The van der Waals surface area contributed by atoms with Crippen LogP contribution in [0, 0.1) is 0 Å². The van der Waals surface area contributed by atoms with Crippen molar-refractivity contribution >= 4 is 38.3 Å². The molecule has 1 amide bonds. The average molecular weight is 376 g/mol. The number of nitrogens with one attached hydrogen (secondary N) is 1. The zero-order chi connectivity index (χ0) is 17.9. The van der Waals surface area contributed by atoms with Gasteiger partial charge in [0.2, 0.25) is 0 Å². The van der Waals surface area contributed by atoms with Gasteiger partial charge in [0.25, 0.3) is 15.9 Å². The molecule has 0 aliphatic heterocycles. The molecule has 0 unspecified atom stereocenters. The van der Waals surface area contributed by atoms with Crippen LogP contribution in [0.4, 0.5) is 0 Å². The second-order valence-electron chi connectivity index (χ2n) is 5.25. The predicted octanol–water partition coefficient (Wildman–Crippen LogP) is 3.38. The Morgan fingerprint density at radius 2 is 1.64 bits per heavy atom. The average Bonchev–Trinajstić information content (AvgIpc) is 2.60. The molecule has 25 heavy (non-hydrogen) atoms. The summed E-state index contributed by atoms with van der Waals surface area (Å²) in [6.45, 7) is -0.416. The van der Waals surface area contributed by atoms with Crippen LogP contribution in [-0.2, 0) is 14.8 Å². The van der Waals surface area contributed by atoms with Crippen LogP contribution in [0.5, 0.6) is 5.75 Å². The molecule has 3 aromatic carbocycles. The first kappa shape index (κ1) is 17.3. The van der Waals surface area contributed by atoms with Crippen LogP contribution in [0.2, 0.25) is 5.02 Å². The third kappa shape index (κ3) is 4.10. The molecule has 0 saturated heterocycles. The summed E-state index contributed by atoms with van der Waals surface area (Å²) in [5.41, 5.74) is 0. The van der Waals surface area contributed by atoms with E-state index in [1.807, 2.05) is 35.1 Å². The number of benzene rings is 3. The van der Waals surface area contributed by atoms with Gasteiger partial charge in [-0.05, 0) is 35.7 Å². The molecule has 1 N–H and O–H groups in total. The first-order chi connectivity index (χ1) is 12.0. The maximum absolute atomic E-state index is 12.1. The highest BCUT2D eigenvalue weighted by atomic mass is 35.5. The molecule has 0 aromatic heterocycles. The first-order valence-electron chi connectivity index (χ1n) is 7.37. The van der Waals surface area contributed by atoms with E-state index in [0.29, 0.717) is 10.8 Å². The van der Waals surface area contributed by atoms with Crippen molar-refractivity contribution in [1.82, 2.24) is 4.72 Å². The zero-order valence-corrected chi connectivity index (χ0v) is 14.5. The molecule has 3 aromatic rings. The van der Waals surface area contributed by atoms with Gasteiger partial charge in [-0.15, -0.1) is 0 Å². The lowest BCUT2D eigenvalue weighted by atomic mass is 10.1. The molecule has 0 aliphatic rings. The summed E-state index contributed by atoms with van der Waals surface area (Å²) in [7, 11) is -3.96. The zero-order valence-electron chi connectivity index (χ0n) is 13.0. The number of halogens is 1. The first-order valence-corrected chi connectivity index (χ1v) is 9.23. The molecule has 0 aliphatic carbocycles. The SMILES string of the molecule is O=C(COc1cccc2ccccc12)NS(=O)(=O)c1ccc(Cl)cc1. The van der Waals surface area contributed by atoms with Crippen LogP contribution >= 0.6 is 11.6 Å². The Labute approximate surface area is 150 Å². The van der Waals surface area contributed by atoms with Crippen LogP contribution in [0.15, 0.2) is 71.6 Å². The summed E-state index contributed by atoms with van der Waals surface area (Å²) in [6, 6.07) is 18.5. The molecule has 128 valence electrons. The molecule has 0 radical (unpaired) electrons. The second kappa shape index (κ2) is 7.13. The van der Waals surface area contributed by atoms with E-state index >= 15 is 0 Å². The number of carbonyl (C=O) groups excluding carboxylic acids is 1. The summed E-state index contributed by atoms with van der Waals surface area (Å²) >= 11 is 5.73. The van der Waals surface area contributed by atoms with Crippen molar-refractivity contribution in [2.45, 2.75) is 4.90 Å². The van der Waals surface area contributed by atoms with E-state index in [4.69, 9.17) is 16.3 Å². The van der Waals surface area contributed by atoms with Gasteiger partial charge in [-0.25, -0.2) is 13.1 Å². The van der Waals surface area contributed by atoms with Gasteiger partial charge in [0.15, 0.2) is 6.61 Å². The molecule has 0 heterocycles. The Bertz CT molecular complexity index is 1010. The lowest BCUT2D eigenvalue weighted by molar-refractivity contribution is -0.121. The number of sulfonamides is 1. The van der Waals surface area contributed by atoms with Crippen molar-refractivity contribution in [3.8, 4) is 5.75 Å². The van der Waals surface area contributed by atoms with E-state index in [-0.39, 0.29) is 4.90 Å².